The molecule has 0 aliphatic heterocycles. The van der Waals surface area contributed by atoms with Crippen LogP contribution in [0.15, 0.2) is 41.5 Å². The second kappa shape index (κ2) is 5.26. The number of aryl methyl sites for hydroxylation is 1. The average molecular weight is 255 g/mol. The Hall–Kier alpha value is -2.10. The molecule has 3 aromatic rings. The van der Waals surface area contributed by atoms with Crippen LogP contribution in [0.4, 0.5) is 0 Å². The summed E-state index contributed by atoms with van der Waals surface area (Å²) in [5.74, 6) is 0. The van der Waals surface area contributed by atoms with Crippen molar-refractivity contribution in [3.63, 3.8) is 0 Å². The fourth-order valence-corrected chi connectivity index (χ4v) is 2.33. The highest BCUT2D eigenvalue weighted by Gasteiger charge is 2.14. The molecule has 3 rings (SSSR count). The molecule has 0 N–H and O–H groups in total. The summed E-state index contributed by atoms with van der Waals surface area (Å²) >= 11 is 0. The van der Waals surface area contributed by atoms with E-state index in [1.807, 2.05) is 29.1 Å². The Bertz CT molecular complexity index is 669. The molecule has 0 radical (unpaired) electrons. The van der Waals surface area contributed by atoms with E-state index < -0.39 is 0 Å². The molecule has 0 bridgehead atoms. The van der Waals surface area contributed by atoms with E-state index in [1.54, 1.807) is 6.26 Å². The van der Waals surface area contributed by atoms with Crippen LogP contribution in [0.2, 0.25) is 0 Å². The van der Waals surface area contributed by atoms with Crippen LogP contribution in [0, 0.1) is 0 Å². The number of unbranched alkanes of at least 4 members (excludes halogenated alkanes) is 2. The number of aromatic nitrogens is 3. The topological polar surface area (TPSA) is 43.3 Å². The zero-order chi connectivity index (χ0) is 13.1. The highest BCUT2D eigenvalue weighted by atomic mass is 16.5. The summed E-state index contributed by atoms with van der Waals surface area (Å²) in [6.45, 7) is 2.20. The molecule has 0 amide bonds. The maximum Gasteiger partial charge on any atom is 0.133 e. The first-order valence-corrected chi connectivity index (χ1v) is 6.75. The van der Waals surface area contributed by atoms with Crippen LogP contribution in [-0.4, -0.2) is 14.5 Å². The molecule has 4 heteroatoms. The molecular formula is C15H17N3O. The van der Waals surface area contributed by atoms with E-state index in [-0.39, 0.29) is 0 Å². The van der Waals surface area contributed by atoms with Crippen molar-refractivity contribution >= 4 is 5.52 Å². The van der Waals surface area contributed by atoms with Gasteiger partial charge in [-0.2, -0.15) is 0 Å². The zero-order valence-corrected chi connectivity index (χ0v) is 11.0. The fraction of sp³-hybridized carbons (Fsp3) is 0.333. The lowest BCUT2D eigenvalue weighted by Gasteiger charge is -1.99. The highest BCUT2D eigenvalue weighted by Crippen LogP contribution is 2.26. The summed E-state index contributed by atoms with van der Waals surface area (Å²) in [7, 11) is 0. The lowest BCUT2D eigenvalue weighted by molar-refractivity contribution is 0.410. The van der Waals surface area contributed by atoms with Crippen molar-refractivity contribution in [2.24, 2.45) is 0 Å². The van der Waals surface area contributed by atoms with Gasteiger partial charge in [-0.15, -0.1) is 0 Å². The molecule has 0 aliphatic rings. The minimum Gasteiger partial charge on any atom is -0.364 e. The number of imidazole rings is 1. The number of pyridine rings is 1. The van der Waals surface area contributed by atoms with Gasteiger partial charge < -0.3 is 8.92 Å². The Labute approximate surface area is 112 Å². The van der Waals surface area contributed by atoms with Crippen LogP contribution in [0.25, 0.3) is 16.8 Å². The van der Waals surface area contributed by atoms with Gasteiger partial charge in [0.15, 0.2) is 0 Å². The molecule has 0 unspecified atom stereocenters. The number of rotatable bonds is 5. The van der Waals surface area contributed by atoms with Gasteiger partial charge in [-0.05, 0) is 25.0 Å². The van der Waals surface area contributed by atoms with Gasteiger partial charge in [-0.1, -0.05) is 31.0 Å². The van der Waals surface area contributed by atoms with Crippen molar-refractivity contribution in [3.05, 3.63) is 42.7 Å². The summed E-state index contributed by atoms with van der Waals surface area (Å²) in [5.41, 5.74) is 4.07. The van der Waals surface area contributed by atoms with E-state index in [2.05, 4.69) is 23.1 Å². The predicted octanol–water partition coefficient (Wildman–Crippen LogP) is 3.72. The molecule has 0 fully saturated rings. The number of nitrogens with zero attached hydrogens (tertiary/aromatic N) is 3. The third kappa shape index (κ3) is 2.26. The van der Waals surface area contributed by atoms with Crippen molar-refractivity contribution in [1.82, 2.24) is 14.5 Å². The average Bonchev–Trinajstić information content (AvgIpc) is 3.04. The van der Waals surface area contributed by atoms with E-state index in [9.17, 15) is 0 Å². The van der Waals surface area contributed by atoms with Crippen LogP contribution in [0.3, 0.4) is 0 Å². The summed E-state index contributed by atoms with van der Waals surface area (Å²) < 4.78 is 7.16. The van der Waals surface area contributed by atoms with Crippen molar-refractivity contribution in [3.8, 4) is 11.3 Å². The molecule has 98 valence electrons. The minimum atomic E-state index is 0.950. The second-order valence-corrected chi connectivity index (χ2v) is 4.72. The maximum absolute atomic E-state index is 5.15. The summed E-state index contributed by atoms with van der Waals surface area (Å²) in [5, 5.41) is 4.13. The lowest BCUT2D eigenvalue weighted by atomic mass is 10.1. The molecule has 3 aromatic heterocycles. The SMILES string of the molecule is CCCCCc1nocc1-c1ncn2ccccc12. The summed E-state index contributed by atoms with van der Waals surface area (Å²) in [6, 6.07) is 6.07. The molecular weight excluding hydrogens is 238 g/mol. The van der Waals surface area contributed by atoms with Crippen LogP contribution < -0.4 is 0 Å². The van der Waals surface area contributed by atoms with E-state index in [1.165, 1.54) is 12.8 Å². The van der Waals surface area contributed by atoms with Gasteiger partial charge in [-0.3, -0.25) is 0 Å². The lowest BCUT2D eigenvalue weighted by Crippen LogP contribution is -1.90. The Morgan fingerprint density at radius 2 is 2.21 bits per heavy atom. The van der Waals surface area contributed by atoms with Gasteiger partial charge in [-0.25, -0.2) is 4.98 Å². The normalized spacial score (nSPS) is 11.2. The number of hydrogen-bond acceptors (Lipinski definition) is 3. The van der Waals surface area contributed by atoms with E-state index in [0.717, 1.165) is 35.3 Å². The van der Waals surface area contributed by atoms with Crippen molar-refractivity contribution in [2.45, 2.75) is 32.6 Å². The van der Waals surface area contributed by atoms with Crippen molar-refractivity contribution in [1.29, 1.82) is 0 Å². The molecule has 3 heterocycles. The third-order valence-electron chi connectivity index (χ3n) is 3.36. The first-order chi connectivity index (χ1) is 9.40. The van der Waals surface area contributed by atoms with Crippen molar-refractivity contribution in [2.75, 3.05) is 0 Å². The van der Waals surface area contributed by atoms with Crippen LogP contribution >= 0.6 is 0 Å². The standard InChI is InChI=1S/C15H17N3O/c1-2-3-4-7-13-12(10-19-17-13)15-14-8-5-6-9-18(14)11-16-15/h5-6,8-11H,2-4,7H2,1H3. The van der Waals surface area contributed by atoms with Crippen LogP contribution in [-0.2, 0) is 6.42 Å². The molecule has 0 spiro atoms. The largest absolute Gasteiger partial charge is 0.364 e. The predicted molar refractivity (Wildman–Crippen MR) is 73.9 cm³/mol. The third-order valence-corrected chi connectivity index (χ3v) is 3.36. The van der Waals surface area contributed by atoms with E-state index >= 15 is 0 Å². The summed E-state index contributed by atoms with van der Waals surface area (Å²) in [6.07, 6.45) is 10.0. The molecule has 0 atom stereocenters. The van der Waals surface area contributed by atoms with Gasteiger partial charge in [0.2, 0.25) is 0 Å². The molecule has 0 aromatic carbocycles. The maximum atomic E-state index is 5.15. The summed E-state index contributed by atoms with van der Waals surface area (Å²) in [4.78, 5) is 4.49. The monoisotopic (exact) mass is 255 g/mol. The quantitative estimate of drug-likeness (QED) is 0.652. The van der Waals surface area contributed by atoms with Crippen LogP contribution in [0.1, 0.15) is 31.9 Å². The second-order valence-electron chi connectivity index (χ2n) is 4.72. The molecule has 19 heavy (non-hydrogen) atoms. The molecule has 4 nitrogen and oxygen atoms in total. The Morgan fingerprint density at radius 1 is 1.26 bits per heavy atom. The first kappa shape index (κ1) is 12.0. The highest BCUT2D eigenvalue weighted by molar-refractivity contribution is 5.77. The van der Waals surface area contributed by atoms with E-state index in [0.29, 0.717) is 0 Å². The molecule has 0 saturated carbocycles. The van der Waals surface area contributed by atoms with Gasteiger partial charge in [0, 0.05) is 6.20 Å². The van der Waals surface area contributed by atoms with Crippen LogP contribution in [0.5, 0.6) is 0 Å². The fourth-order valence-electron chi connectivity index (χ4n) is 2.33. The van der Waals surface area contributed by atoms with Gasteiger partial charge >= 0.3 is 0 Å². The van der Waals surface area contributed by atoms with Gasteiger partial charge in [0.05, 0.1) is 23.1 Å². The minimum absolute atomic E-state index is 0.950. The van der Waals surface area contributed by atoms with Gasteiger partial charge in [0.25, 0.3) is 0 Å². The van der Waals surface area contributed by atoms with Crippen molar-refractivity contribution < 1.29 is 4.52 Å². The van der Waals surface area contributed by atoms with E-state index in [4.69, 9.17) is 4.52 Å². The Morgan fingerprint density at radius 3 is 3.11 bits per heavy atom. The number of fused-ring (bicyclic) bond motifs is 1. The van der Waals surface area contributed by atoms with Gasteiger partial charge in [0.1, 0.15) is 12.0 Å². The Kier molecular flexibility index (Phi) is 3.31. The molecule has 0 aliphatic carbocycles. The zero-order valence-electron chi connectivity index (χ0n) is 11.0. The Balaban J connectivity index is 1.96. The number of hydrogen-bond donors (Lipinski definition) is 0. The molecule has 0 saturated heterocycles. The smallest absolute Gasteiger partial charge is 0.133 e. The first-order valence-electron chi connectivity index (χ1n) is 6.75.